The Kier molecular flexibility index (Phi) is 7.02. The second-order valence-corrected chi connectivity index (χ2v) is 11.4. The molecule has 1 aliphatic heterocycles. The van der Waals surface area contributed by atoms with Crippen LogP contribution in [0.25, 0.3) is 32.5 Å². The standard InChI is InChI=1S/C31H27ClN4O2S/c1-19-6-8-21(9-7-19)29-28(20-10-12-23(32)13-11-20)33-31(39-29)22-14-16-36(17-15-22)27(37)18-26-24-4-2-3-5-25(24)30(38)35-34-26/h2-13,22H,14-18H2,1H3,(H,35,38). The number of benzene rings is 3. The quantitative estimate of drug-likeness (QED) is 0.265. The lowest BCUT2D eigenvalue weighted by molar-refractivity contribution is -0.131. The van der Waals surface area contributed by atoms with Crippen molar-refractivity contribution in [3.05, 3.63) is 104 Å². The summed E-state index contributed by atoms with van der Waals surface area (Å²) in [6.07, 6.45) is 1.87. The summed E-state index contributed by atoms with van der Waals surface area (Å²) in [5.41, 5.74) is 4.76. The van der Waals surface area contributed by atoms with Crippen LogP contribution in [0.5, 0.6) is 0 Å². The molecule has 3 aromatic carbocycles. The van der Waals surface area contributed by atoms with Crippen LogP contribution >= 0.6 is 22.9 Å². The summed E-state index contributed by atoms with van der Waals surface area (Å²) < 4.78 is 0. The van der Waals surface area contributed by atoms with Gasteiger partial charge < -0.3 is 4.90 Å². The molecule has 196 valence electrons. The fraction of sp³-hybridized carbons (Fsp3) is 0.226. The molecule has 0 atom stereocenters. The molecule has 2 aromatic heterocycles. The van der Waals surface area contributed by atoms with Crippen molar-refractivity contribution in [1.29, 1.82) is 0 Å². The van der Waals surface area contributed by atoms with Gasteiger partial charge in [-0.1, -0.05) is 71.8 Å². The highest BCUT2D eigenvalue weighted by atomic mass is 35.5. The lowest BCUT2D eigenvalue weighted by Gasteiger charge is -2.31. The van der Waals surface area contributed by atoms with Crippen LogP contribution in [0.1, 0.15) is 35.0 Å². The Morgan fingerprint density at radius 3 is 2.36 bits per heavy atom. The Morgan fingerprint density at radius 2 is 1.64 bits per heavy atom. The fourth-order valence-corrected chi connectivity index (χ4v) is 6.54. The number of rotatable bonds is 5. The number of carbonyl (C=O) groups is 1. The first kappa shape index (κ1) is 25.5. The van der Waals surface area contributed by atoms with Gasteiger partial charge in [-0.2, -0.15) is 5.10 Å². The molecule has 6 rings (SSSR count). The van der Waals surface area contributed by atoms with E-state index in [-0.39, 0.29) is 23.8 Å². The average Bonchev–Trinajstić information content (AvgIpc) is 3.41. The number of H-pyrrole nitrogens is 1. The van der Waals surface area contributed by atoms with Crippen molar-refractivity contribution >= 4 is 39.6 Å². The van der Waals surface area contributed by atoms with E-state index < -0.39 is 0 Å². The van der Waals surface area contributed by atoms with Crippen LogP contribution in [-0.4, -0.2) is 39.1 Å². The third kappa shape index (κ3) is 5.24. The van der Waals surface area contributed by atoms with E-state index in [1.165, 1.54) is 5.56 Å². The molecule has 8 heteroatoms. The van der Waals surface area contributed by atoms with E-state index in [9.17, 15) is 9.59 Å². The SMILES string of the molecule is Cc1ccc(-c2sc(C3CCN(C(=O)Cc4n[nH]c(=O)c5ccccc45)CC3)nc2-c2ccc(Cl)cc2)cc1. The highest BCUT2D eigenvalue weighted by molar-refractivity contribution is 7.15. The first-order chi connectivity index (χ1) is 19.0. The summed E-state index contributed by atoms with van der Waals surface area (Å²) in [5.74, 6) is 0.316. The number of aryl methyl sites for hydroxylation is 1. The molecule has 1 fully saturated rings. The van der Waals surface area contributed by atoms with Crippen molar-refractivity contribution in [3.63, 3.8) is 0 Å². The van der Waals surface area contributed by atoms with E-state index in [4.69, 9.17) is 16.6 Å². The first-order valence-electron chi connectivity index (χ1n) is 13.0. The van der Waals surface area contributed by atoms with Gasteiger partial charge in [0.2, 0.25) is 5.91 Å². The molecule has 3 heterocycles. The van der Waals surface area contributed by atoms with E-state index in [0.717, 1.165) is 44.9 Å². The minimum Gasteiger partial charge on any atom is -0.342 e. The van der Waals surface area contributed by atoms with E-state index >= 15 is 0 Å². The zero-order valence-corrected chi connectivity index (χ0v) is 23.1. The summed E-state index contributed by atoms with van der Waals surface area (Å²) >= 11 is 7.90. The summed E-state index contributed by atoms with van der Waals surface area (Å²) in [5, 5.41) is 9.80. The van der Waals surface area contributed by atoms with Crippen molar-refractivity contribution in [2.75, 3.05) is 13.1 Å². The number of hydrogen-bond acceptors (Lipinski definition) is 5. The maximum absolute atomic E-state index is 13.2. The number of aromatic amines is 1. The second-order valence-electron chi connectivity index (χ2n) is 9.98. The number of thiazole rings is 1. The molecule has 5 aromatic rings. The molecule has 0 unspecified atom stereocenters. The van der Waals surface area contributed by atoms with Crippen LogP contribution < -0.4 is 5.56 Å². The van der Waals surface area contributed by atoms with Gasteiger partial charge in [0.05, 0.1) is 33.1 Å². The van der Waals surface area contributed by atoms with Gasteiger partial charge >= 0.3 is 0 Å². The lowest BCUT2D eigenvalue weighted by atomic mass is 9.97. The molecule has 0 spiro atoms. The number of likely N-dealkylation sites (tertiary alicyclic amines) is 1. The molecule has 6 nitrogen and oxygen atoms in total. The topological polar surface area (TPSA) is 79.0 Å². The number of carbonyl (C=O) groups excluding carboxylic acids is 1. The summed E-state index contributed by atoms with van der Waals surface area (Å²) in [6.45, 7) is 3.42. The molecule has 0 saturated carbocycles. The number of halogens is 1. The predicted octanol–water partition coefficient (Wildman–Crippen LogP) is 6.62. The van der Waals surface area contributed by atoms with Crippen molar-refractivity contribution in [2.45, 2.75) is 32.1 Å². The molecule has 1 saturated heterocycles. The minimum absolute atomic E-state index is 0.0273. The van der Waals surface area contributed by atoms with Crippen molar-refractivity contribution < 1.29 is 4.79 Å². The second kappa shape index (κ2) is 10.8. The highest BCUT2D eigenvalue weighted by Gasteiger charge is 2.28. The van der Waals surface area contributed by atoms with Gasteiger partial charge in [-0.05, 0) is 43.5 Å². The Bertz CT molecular complexity index is 1640. The Balaban J connectivity index is 1.21. The molecule has 0 bridgehead atoms. The van der Waals surface area contributed by atoms with Gasteiger partial charge in [0.15, 0.2) is 0 Å². The van der Waals surface area contributed by atoms with E-state index in [2.05, 4.69) is 41.4 Å². The first-order valence-corrected chi connectivity index (χ1v) is 14.2. The molecule has 1 N–H and O–H groups in total. The maximum Gasteiger partial charge on any atom is 0.272 e. The van der Waals surface area contributed by atoms with Crippen molar-refractivity contribution in [1.82, 2.24) is 20.1 Å². The monoisotopic (exact) mass is 554 g/mol. The molecule has 1 amide bonds. The molecule has 0 aliphatic carbocycles. The summed E-state index contributed by atoms with van der Waals surface area (Å²) in [7, 11) is 0. The van der Waals surface area contributed by atoms with Gasteiger partial charge in [0.1, 0.15) is 0 Å². The number of nitrogens with one attached hydrogen (secondary N) is 1. The highest BCUT2D eigenvalue weighted by Crippen LogP contribution is 2.42. The van der Waals surface area contributed by atoms with Crippen LogP contribution in [0.3, 0.4) is 0 Å². The van der Waals surface area contributed by atoms with Gasteiger partial charge in [0.25, 0.3) is 5.56 Å². The summed E-state index contributed by atoms with van der Waals surface area (Å²) in [6, 6.07) is 23.7. The van der Waals surface area contributed by atoms with E-state index in [1.54, 1.807) is 17.4 Å². The molecular formula is C31H27ClN4O2S. The van der Waals surface area contributed by atoms with Crippen molar-refractivity contribution in [3.8, 4) is 21.7 Å². The number of aromatic nitrogens is 3. The van der Waals surface area contributed by atoms with Gasteiger partial charge in [-0.25, -0.2) is 10.1 Å². The zero-order chi connectivity index (χ0) is 26.9. The van der Waals surface area contributed by atoms with Crippen LogP contribution in [0.4, 0.5) is 0 Å². The summed E-state index contributed by atoms with van der Waals surface area (Å²) in [4.78, 5) is 33.5. The van der Waals surface area contributed by atoms with E-state index in [0.29, 0.717) is 29.2 Å². The zero-order valence-electron chi connectivity index (χ0n) is 21.5. The Morgan fingerprint density at radius 1 is 0.974 bits per heavy atom. The fourth-order valence-electron chi connectivity index (χ4n) is 5.15. The van der Waals surface area contributed by atoms with Crippen LogP contribution in [0.15, 0.2) is 77.6 Å². The Hall–Kier alpha value is -3.81. The number of piperidine rings is 1. The predicted molar refractivity (Wildman–Crippen MR) is 157 cm³/mol. The molecular weight excluding hydrogens is 528 g/mol. The maximum atomic E-state index is 13.2. The number of nitrogens with zero attached hydrogens (tertiary/aromatic N) is 3. The molecule has 1 aliphatic rings. The number of amides is 1. The van der Waals surface area contributed by atoms with E-state index in [1.807, 2.05) is 47.4 Å². The molecule has 39 heavy (non-hydrogen) atoms. The largest absolute Gasteiger partial charge is 0.342 e. The number of hydrogen-bond donors (Lipinski definition) is 1. The third-order valence-corrected chi connectivity index (χ3v) is 8.88. The Labute approximate surface area is 235 Å². The van der Waals surface area contributed by atoms with Crippen molar-refractivity contribution in [2.24, 2.45) is 0 Å². The molecule has 0 radical (unpaired) electrons. The normalized spacial score (nSPS) is 14.2. The van der Waals surface area contributed by atoms with Gasteiger partial charge in [0, 0.05) is 35.0 Å². The third-order valence-electron chi connectivity index (χ3n) is 7.37. The number of fused-ring (bicyclic) bond motifs is 1. The smallest absolute Gasteiger partial charge is 0.272 e. The van der Waals surface area contributed by atoms with Crippen LogP contribution in [0.2, 0.25) is 5.02 Å². The van der Waals surface area contributed by atoms with Gasteiger partial charge in [-0.3, -0.25) is 9.59 Å². The van der Waals surface area contributed by atoms with Gasteiger partial charge in [-0.15, -0.1) is 11.3 Å². The van der Waals surface area contributed by atoms with Crippen LogP contribution in [0, 0.1) is 6.92 Å². The lowest BCUT2D eigenvalue weighted by Crippen LogP contribution is -2.39. The average molecular weight is 555 g/mol. The van der Waals surface area contributed by atoms with Crippen LogP contribution in [-0.2, 0) is 11.2 Å². The minimum atomic E-state index is -0.242.